The SMILES string of the molecule is COC(=O)/C=C1/SCC(=O)N1CCCOC(=O)C1CC1[N+](=O)[O-]. The van der Waals surface area contributed by atoms with E-state index in [1.807, 2.05) is 0 Å². The summed E-state index contributed by atoms with van der Waals surface area (Å²) in [4.78, 5) is 46.0. The van der Waals surface area contributed by atoms with Gasteiger partial charge in [-0.25, -0.2) is 4.79 Å². The topological polar surface area (TPSA) is 116 Å². The molecular formula is C13H16N2O7S. The second-order valence-corrected chi connectivity index (χ2v) is 6.05. The fraction of sp³-hybridized carbons (Fsp3) is 0.615. The van der Waals surface area contributed by atoms with Crippen molar-refractivity contribution in [2.24, 2.45) is 5.92 Å². The lowest BCUT2D eigenvalue weighted by Gasteiger charge is -2.16. The molecule has 23 heavy (non-hydrogen) atoms. The lowest BCUT2D eigenvalue weighted by Crippen LogP contribution is -2.27. The van der Waals surface area contributed by atoms with Crippen molar-refractivity contribution in [1.29, 1.82) is 0 Å². The van der Waals surface area contributed by atoms with Gasteiger partial charge in [-0.05, 0) is 6.42 Å². The minimum absolute atomic E-state index is 0.0692. The number of esters is 2. The number of ether oxygens (including phenoxy) is 2. The van der Waals surface area contributed by atoms with Crippen LogP contribution in [0.2, 0.25) is 0 Å². The largest absolute Gasteiger partial charge is 0.466 e. The zero-order valence-electron chi connectivity index (χ0n) is 12.4. The van der Waals surface area contributed by atoms with E-state index in [0.29, 0.717) is 18.0 Å². The van der Waals surface area contributed by atoms with Crippen molar-refractivity contribution >= 4 is 29.6 Å². The molecule has 2 atom stereocenters. The van der Waals surface area contributed by atoms with Crippen molar-refractivity contribution in [1.82, 2.24) is 4.90 Å². The van der Waals surface area contributed by atoms with Gasteiger partial charge in [0.1, 0.15) is 5.92 Å². The van der Waals surface area contributed by atoms with Crippen LogP contribution in [0.3, 0.4) is 0 Å². The molecule has 126 valence electrons. The van der Waals surface area contributed by atoms with Crippen LogP contribution in [0.15, 0.2) is 11.1 Å². The molecule has 0 aromatic rings. The standard InChI is InChI=1S/C13H16N2O7S/c1-21-12(17)6-11-14(10(16)7-23-11)3-2-4-22-13(18)8-5-9(8)15(19)20/h6,8-9H,2-5,7H2,1H3/b11-6+. The van der Waals surface area contributed by atoms with Gasteiger partial charge in [-0.3, -0.25) is 19.7 Å². The molecule has 0 bridgehead atoms. The second kappa shape index (κ2) is 7.44. The predicted octanol–water partition coefficient (Wildman–Crippen LogP) is 0.175. The van der Waals surface area contributed by atoms with E-state index < -0.39 is 28.8 Å². The zero-order chi connectivity index (χ0) is 17.0. The number of hydrogen-bond acceptors (Lipinski definition) is 8. The Morgan fingerprint density at radius 1 is 1.52 bits per heavy atom. The van der Waals surface area contributed by atoms with Crippen LogP contribution in [0.1, 0.15) is 12.8 Å². The van der Waals surface area contributed by atoms with E-state index in [1.54, 1.807) is 0 Å². The van der Waals surface area contributed by atoms with Gasteiger partial charge in [0.15, 0.2) is 0 Å². The highest BCUT2D eigenvalue weighted by molar-refractivity contribution is 8.04. The number of nitro groups is 1. The highest BCUT2D eigenvalue weighted by Gasteiger charge is 2.54. The molecule has 1 aliphatic carbocycles. The lowest BCUT2D eigenvalue weighted by molar-refractivity contribution is -0.497. The summed E-state index contributed by atoms with van der Waals surface area (Å²) in [5.41, 5.74) is 0. The molecule has 2 fully saturated rings. The maximum Gasteiger partial charge on any atom is 0.333 e. The lowest BCUT2D eigenvalue weighted by atomic mass is 10.3. The third-order valence-corrected chi connectivity index (χ3v) is 4.48. The molecule has 0 radical (unpaired) electrons. The van der Waals surface area contributed by atoms with Crippen molar-refractivity contribution in [3.8, 4) is 0 Å². The highest BCUT2D eigenvalue weighted by atomic mass is 32.2. The van der Waals surface area contributed by atoms with Gasteiger partial charge in [0.2, 0.25) is 11.9 Å². The maximum atomic E-state index is 11.7. The van der Waals surface area contributed by atoms with Crippen LogP contribution in [0, 0.1) is 16.0 Å². The Morgan fingerprint density at radius 3 is 2.87 bits per heavy atom. The summed E-state index contributed by atoms with van der Waals surface area (Å²) in [6.45, 7) is 0.366. The number of carbonyl (C=O) groups excluding carboxylic acids is 3. The van der Waals surface area contributed by atoms with Gasteiger partial charge in [0.25, 0.3) is 0 Å². The van der Waals surface area contributed by atoms with Crippen molar-refractivity contribution in [3.05, 3.63) is 21.2 Å². The average molecular weight is 344 g/mol. The Balaban J connectivity index is 1.73. The summed E-state index contributed by atoms with van der Waals surface area (Å²) in [7, 11) is 1.25. The van der Waals surface area contributed by atoms with Crippen molar-refractivity contribution in [2.45, 2.75) is 18.9 Å². The smallest absolute Gasteiger partial charge is 0.333 e. The summed E-state index contributed by atoms with van der Waals surface area (Å²) >= 11 is 1.24. The number of nitrogens with zero attached hydrogens (tertiary/aromatic N) is 2. The van der Waals surface area contributed by atoms with E-state index in [2.05, 4.69) is 4.74 Å². The van der Waals surface area contributed by atoms with Gasteiger partial charge in [0.05, 0.1) is 30.6 Å². The Morgan fingerprint density at radius 2 is 2.26 bits per heavy atom. The molecular weight excluding hydrogens is 328 g/mol. The van der Waals surface area contributed by atoms with Gasteiger partial charge in [-0.15, -0.1) is 0 Å². The van der Waals surface area contributed by atoms with Crippen LogP contribution in [0.5, 0.6) is 0 Å². The first-order chi connectivity index (χ1) is 10.9. The van der Waals surface area contributed by atoms with Crippen LogP contribution in [0.25, 0.3) is 0 Å². The number of rotatable bonds is 7. The third-order valence-electron chi connectivity index (χ3n) is 3.45. The van der Waals surface area contributed by atoms with Crippen LogP contribution in [-0.2, 0) is 23.9 Å². The Hall–Kier alpha value is -2.10. The predicted molar refractivity (Wildman–Crippen MR) is 78.7 cm³/mol. The molecule has 0 aromatic carbocycles. The molecule has 2 aliphatic rings. The summed E-state index contributed by atoms with van der Waals surface area (Å²) < 4.78 is 9.50. The fourth-order valence-corrected chi connectivity index (χ4v) is 3.05. The third kappa shape index (κ3) is 4.44. The maximum absolute atomic E-state index is 11.7. The van der Waals surface area contributed by atoms with Crippen LogP contribution >= 0.6 is 11.8 Å². The Labute approximate surface area is 136 Å². The van der Waals surface area contributed by atoms with Gasteiger partial charge in [0, 0.05) is 17.9 Å². The Bertz CT molecular complexity index is 563. The van der Waals surface area contributed by atoms with Crippen LogP contribution in [-0.4, -0.2) is 59.7 Å². The Kier molecular flexibility index (Phi) is 5.59. The average Bonchev–Trinajstić information content (AvgIpc) is 3.25. The molecule has 2 unspecified atom stereocenters. The summed E-state index contributed by atoms with van der Waals surface area (Å²) in [5.74, 6) is -1.65. The first-order valence-corrected chi connectivity index (χ1v) is 7.95. The monoisotopic (exact) mass is 344 g/mol. The number of amides is 1. The van der Waals surface area contributed by atoms with Gasteiger partial charge in [-0.2, -0.15) is 0 Å². The van der Waals surface area contributed by atoms with E-state index in [0.717, 1.165) is 0 Å². The van der Waals surface area contributed by atoms with Gasteiger partial charge in [-0.1, -0.05) is 11.8 Å². The molecule has 1 saturated heterocycles. The van der Waals surface area contributed by atoms with E-state index in [9.17, 15) is 24.5 Å². The molecule has 2 rings (SSSR count). The fourth-order valence-electron chi connectivity index (χ4n) is 2.10. The number of carbonyl (C=O) groups is 3. The minimum Gasteiger partial charge on any atom is -0.466 e. The normalized spacial score (nSPS) is 24.7. The summed E-state index contributed by atoms with van der Waals surface area (Å²) in [5, 5.41) is 11.0. The molecule has 0 aromatic heterocycles. The molecule has 10 heteroatoms. The number of hydrogen-bond donors (Lipinski definition) is 0. The van der Waals surface area contributed by atoms with E-state index in [4.69, 9.17) is 4.74 Å². The number of thioether (sulfide) groups is 1. The molecule has 0 N–H and O–H groups in total. The van der Waals surface area contributed by atoms with Gasteiger partial charge >= 0.3 is 11.9 Å². The zero-order valence-corrected chi connectivity index (χ0v) is 13.2. The van der Waals surface area contributed by atoms with E-state index in [-0.39, 0.29) is 24.7 Å². The van der Waals surface area contributed by atoms with Crippen molar-refractivity contribution < 1.29 is 28.8 Å². The molecule has 1 heterocycles. The van der Waals surface area contributed by atoms with E-state index in [1.165, 1.54) is 29.8 Å². The first-order valence-electron chi connectivity index (χ1n) is 6.97. The second-order valence-electron chi connectivity index (χ2n) is 5.06. The quantitative estimate of drug-likeness (QED) is 0.211. The molecule has 1 aliphatic heterocycles. The van der Waals surface area contributed by atoms with Crippen molar-refractivity contribution in [3.63, 3.8) is 0 Å². The highest BCUT2D eigenvalue weighted by Crippen LogP contribution is 2.34. The summed E-state index contributed by atoms with van der Waals surface area (Å²) in [6.07, 6.45) is 1.85. The summed E-state index contributed by atoms with van der Waals surface area (Å²) in [6, 6.07) is -0.825. The van der Waals surface area contributed by atoms with Crippen LogP contribution in [0.4, 0.5) is 0 Å². The number of methoxy groups -OCH3 is 1. The molecule has 1 saturated carbocycles. The van der Waals surface area contributed by atoms with E-state index >= 15 is 0 Å². The molecule has 1 amide bonds. The van der Waals surface area contributed by atoms with Crippen LogP contribution < -0.4 is 0 Å². The van der Waals surface area contributed by atoms with Crippen molar-refractivity contribution in [2.75, 3.05) is 26.0 Å². The molecule has 9 nitrogen and oxygen atoms in total. The molecule has 0 spiro atoms. The first kappa shape index (κ1) is 17.3. The van der Waals surface area contributed by atoms with Gasteiger partial charge < -0.3 is 14.4 Å². The minimum atomic E-state index is -0.825.